The van der Waals surface area contributed by atoms with E-state index in [1.54, 1.807) is 6.07 Å². The first-order chi connectivity index (χ1) is 15.3. The minimum absolute atomic E-state index is 0.0518. The summed E-state index contributed by atoms with van der Waals surface area (Å²) >= 11 is 0. The Labute approximate surface area is 190 Å². The van der Waals surface area contributed by atoms with Gasteiger partial charge >= 0.3 is 0 Å². The maximum absolute atomic E-state index is 13.6. The van der Waals surface area contributed by atoms with Crippen molar-refractivity contribution in [1.82, 2.24) is 9.29 Å². The van der Waals surface area contributed by atoms with Crippen LogP contribution in [0.2, 0.25) is 0 Å². The highest BCUT2D eigenvalue weighted by Crippen LogP contribution is 2.36. The fraction of sp³-hybridized carbons (Fsp3) is 0.381. The van der Waals surface area contributed by atoms with Gasteiger partial charge in [-0.3, -0.25) is 0 Å². The van der Waals surface area contributed by atoms with Crippen LogP contribution < -0.4 is 14.8 Å². The fourth-order valence-electron chi connectivity index (χ4n) is 3.15. The Kier molecular flexibility index (Phi) is 6.70. The first-order valence-corrected chi connectivity index (χ1v) is 11.2. The van der Waals surface area contributed by atoms with Gasteiger partial charge in [0.05, 0.1) is 11.6 Å². The van der Waals surface area contributed by atoms with Crippen LogP contribution in [-0.2, 0) is 17.1 Å². The predicted molar refractivity (Wildman–Crippen MR) is 115 cm³/mol. The molecule has 1 aliphatic heterocycles. The molecule has 10 nitrogen and oxygen atoms in total. The van der Waals surface area contributed by atoms with Crippen LogP contribution in [0.1, 0.15) is 31.3 Å². The summed E-state index contributed by atoms with van der Waals surface area (Å²) in [5.41, 5.74) is -1.34. The van der Waals surface area contributed by atoms with Gasteiger partial charge in [0.1, 0.15) is 40.8 Å². The number of sulfonamides is 1. The van der Waals surface area contributed by atoms with Crippen molar-refractivity contribution in [1.29, 1.82) is 5.26 Å². The van der Waals surface area contributed by atoms with E-state index in [2.05, 4.69) is 21.9 Å². The van der Waals surface area contributed by atoms with E-state index < -0.39 is 39.8 Å². The third-order valence-corrected chi connectivity index (χ3v) is 6.19. The SMILES string of the molecule is Cn1cc2c(c1C(O)Nc1ccc(F)c(C#N)c1)OC[C@H]([C@@H](O)C#CC(C)(C)O)NS2(=O)=O. The van der Waals surface area contributed by atoms with Crippen LogP contribution in [-0.4, -0.2) is 52.7 Å². The summed E-state index contributed by atoms with van der Waals surface area (Å²) in [5, 5.41) is 42.4. The van der Waals surface area contributed by atoms with Gasteiger partial charge in [-0.15, -0.1) is 0 Å². The van der Waals surface area contributed by atoms with E-state index in [9.17, 15) is 28.1 Å². The van der Waals surface area contributed by atoms with Crippen LogP contribution in [0.25, 0.3) is 0 Å². The largest absolute Gasteiger partial charge is 0.488 e. The molecule has 0 fully saturated rings. The highest BCUT2D eigenvalue weighted by molar-refractivity contribution is 7.89. The highest BCUT2D eigenvalue weighted by atomic mass is 32.2. The van der Waals surface area contributed by atoms with E-state index in [1.807, 2.05) is 0 Å². The van der Waals surface area contributed by atoms with E-state index in [4.69, 9.17) is 10.00 Å². The molecule has 3 rings (SSSR count). The number of nitrogens with one attached hydrogen (secondary N) is 2. The smallest absolute Gasteiger partial charge is 0.246 e. The number of anilines is 1. The molecule has 2 aromatic rings. The average molecular weight is 479 g/mol. The Morgan fingerprint density at radius 1 is 1.39 bits per heavy atom. The number of aromatic nitrogens is 1. The topological polar surface area (TPSA) is 157 Å². The van der Waals surface area contributed by atoms with Crippen molar-refractivity contribution < 1.29 is 32.9 Å². The number of benzene rings is 1. The quantitative estimate of drug-likeness (QED) is 0.311. The highest BCUT2D eigenvalue weighted by Gasteiger charge is 2.36. The third kappa shape index (κ3) is 5.45. The van der Waals surface area contributed by atoms with Crippen LogP contribution in [0.4, 0.5) is 10.1 Å². The lowest BCUT2D eigenvalue weighted by Gasteiger charge is -2.20. The Morgan fingerprint density at radius 3 is 2.73 bits per heavy atom. The third-order valence-electron chi connectivity index (χ3n) is 4.71. The molecular formula is C21H23FN4O6S. The summed E-state index contributed by atoms with van der Waals surface area (Å²) in [6.07, 6.45) is -1.72. The molecule has 2 heterocycles. The molecular weight excluding hydrogens is 455 g/mol. The van der Waals surface area contributed by atoms with Crippen molar-refractivity contribution >= 4 is 15.7 Å². The van der Waals surface area contributed by atoms with Crippen LogP contribution in [0.15, 0.2) is 29.3 Å². The molecule has 0 saturated heterocycles. The zero-order valence-corrected chi connectivity index (χ0v) is 18.8. The summed E-state index contributed by atoms with van der Waals surface area (Å²) in [6, 6.07) is 4.13. The van der Waals surface area contributed by atoms with E-state index in [-0.39, 0.29) is 34.2 Å². The number of halogens is 1. The number of nitriles is 1. The summed E-state index contributed by atoms with van der Waals surface area (Å²) in [4.78, 5) is -0.261. The van der Waals surface area contributed by atoms with E-state index in [0.717, 1.165) is 6.07 Å². The number of hydrogen-bond acceptors (Lipinski definition) is 8. The molecule has 0 saturated carbocycles. The second-order valence-electron chi connectivity index (χ2n) is 7.98. The summed E-state index contributed by atoms with van der Waals surface area (Å²) < 4.78 is 48.7. The Bertz CT molecular complexity index is 1270. The number of aliphatic hydroxyl groups is 3. The lowest BCUT2D eigenvalue weighted by Crippen LogP contribution is -2.45. The number of nitrogens with zero attached hydrogens (tertiary/aromatic N) is 2. The number of fused-ring (bicyclic) bond motifs is 1. The molecule has 1 aromatic carbocycles. The maximum atomic E-state index is 13.6. The van der Waals surface area contributed by atoms with E-state index in [0.29, 0.717) is 0 Å². The lowest BCUT2D eigenvalue weighted by atomic mass is 10.1. The van der Waals surface area contributed by atoms with Crippen molar-refractivity contribution in [2.75, 3.05) is 11.9 Å². The Morgan fingerprint density at radius 2 is 2.09 bits per heavy atom. The first-order valence-electron chi connectivity index (χ1n) is 9.74. The van der Waals surface area contributed by atoms with Crippen LogP contribution in [0.3, 0.4) is 0 Å². The monoisotopic (exact) mass is 478 g/mol. The molecule has 176 valence electrons. The zero-order chi connectivity index (χ0) is 24.6. The van der Waals surface area contributed by atoms with Gasteiger partial charge in [-0.25, -0.2) is 17.5 Å². The maximum Gasteiger partial charge on any atom is 0.246 e. The van der Waals surface area contributed by atoms with Gasteiger partial charge in [-0.2, -0.15) is 5.26 Å². The van der Waals surface area contributed by atoms with Crippen molar-refractivity contribution in [3.63, 3.8) is 0 Å². The van der Waals surface area contributed by atoms with Crippen molar-refractivity contribution in [2.45, 2.75) is 42.7 Å². The molecule has 0 aliphatic carbocycles. The van der Waals surface area contributed by atoms with Gasteiger partial charge in [-0.1, -0.05) is 11.8 Å². The molecule has 1 unspecified atom stereocenters. The number of hydrogen-bond donors (Lipinski definition) is 5. The summed E-state index contributed by atoms with van der Waals surface area (Å²) in [5.74, 6) is 3.96. The van der Waals surface area contributed by atoms with E-state index >= 15 is 0 Å². The molecule has 0 amide bonds. The number of ether oxygens (including phenoxy) is 1. The van der Waals surface area contributed by atoms with Gasteiger partial charge in [-0.05, 0) is 32.0 Å². The van der Waals surface area contributed by atoms with Gasteiger partial charge in [0.2, 0.25) is 10.0 Å². The standard InChI is InChI=1S/C21H23FN4O6S/c1-21(2,29)7-6-16(27)15-11-32-19-17(33(30,31)25-15)10-26(3)18(19)20(28)24-13-4-5-14(22)12(8-13)9-23/h4-5,8,10,15-16,20,24-25,27-29H,11H2,1-3H3/t15-,16+,20?/m1/s1. The van der Waals surface area contributed by atoms with Crippen LogP contribution in [0, 0.1) is 29.0 Å². The number of aryl methyl sites for hydroxylation is 1. The Hall–Kier alpha value is -3.13. The van der Waals surface area contributed by atoms with Gasteiger partial charge in [0, 0.05) is 18.9 Å². The summed E-state index contributed by atoms with van der Waals surface area (Å²) in [7, 11) is -2.67. The predicted octanol–water partition coefficient (Wildman–Crippen LogP) is 0.313. The molecule has 0 bridgehead atoms. The van der Waals surface area contributed by atoms with Crippen molar-refractivity contribution in [2.24, 2.45) is 7.05 Å². The molecule has 5 N–H and O–H groups in total. The van der Waals surface area contributed by atoms with Gasteiger partial charge in [0.25, 0.3) is 0 Å². The van der Waals surface area contributed by atoms with Crippen molar-refractivity contribution in [3.05, 3.63) is 41.5 Å². The fourth-order valence-corrected chi connectivity index (χ4v) is 4.57. The molecule has 1 aromatic heterocycles. The molecule has 0 radical (unpaired) electrons. The zero-order valence-electron chi connectivity index (χ0n) is 18.0. The lowest BCUT2D eigenvalue weighted by molar-refractivity contribution is 0.136. The molecule has 33 heavy (non-hydrogen) atoms. The Balaban J connectivity index is 1.91. The minimum atomic E-state index is -4.17. The second kappa shape index (κ2) is 9.02. The summed E-state index contributed by atoms with van der Waals surface area (Å²) in [6.45, 7) is 2.52. The normalized spacial score (nSPS) is 19.0. The number of rotatable bonds is 4. The first kappa shape index (κ1) is 24.5. The molecule has 0 spiro atoms. The second-order valence-corrected chi connectivity index (χ2v) is 9.67. The van der Waals surface area contributed by atoms with Crippen molar-refractivity contribution in [3.8, 4) is 23.7 Å². The number of aliphatic hydroxyl groups excluding tert-OH is 2. The van der Waals surface area contributed by atoms with Gasteiger partial charge < -0.3 is 29.9 Å². The van der Waals surface area contributed by atoms with E-state index in [1.165, 1.54) is 43.8 Å². The van der Waals surface area contributed by atoms with Gasteiger partial charge in [0.15, 0.2) is 12.0 Å². The van der Waals surface area contributed by atoms with Crippen LogP contribution >= 0.6 is 0 Å². The minimum Gasteiger partial charge on any atom is -0.488 e. The molecule has 3 atom stereocenters. The molecule has 1 aliphatic rings. The van der Waals surface area contributed by atoms with Crippen LogP contribution in [0.5, 0.6) is 5.75 Å². The average Bonchev–Trinajstić information content (AvgIpc) is 3.00. The molecule has 12 heteroatoms.